The first kappa shape index (κ1) is 19.2. The average Bonchev–Trinajstić information content (AvgIpc) is 3.48. The standard InChI is InChI=1S/C23H25N3O3/c1-15-3-5-16(6-4-15)22(17-7-8-17)24-20(27)13-14-21-25-23(26-29-21)18-9-11-19(28-2)12-10-18/h3-6,9-12,17,22H,7-8,13-14H2,1-2H3,(H,24,27). The van der Waals surface area contributed by atoms with E-state index in [0.29, 0.717) is 30.5 Å². The molecule has 1 saturated carbocycles. The Labute approximate surface area is 170 Å². The number of nitrogens with one attached hydrogen (secondary N) is 1. The molecule has 6 nitrogen and oxygen atoms in total. The molecular formula is C23H25N3O3. The molecule has 6 heteroatoms. The summed E-state index contributed by atoms with van der Waals surface area (Å²) >= 11 is 0. The van der Waals surface area contributed by atoms with Crippen LogP contribution < -0.4 is 10.1 Å². The highest BCUT2D eigenvalue weighted by Crippen LogP contribution is 2.41. The second-order valence-electron chi connectivity index (χ2n) is 7.53. The molecule has 0 radical (unpaired) electrons. The Morgan fingerprint density at radius 1 is 1.17 bits per heavy atom. The number of nitrogens with zero attached hydrogens (tertiary/aromatic N) is 2. The number of aromatic nitrogens is 2. The van der Waals surface area contributed by atoms with Crippen molar-refractivity contribution in [2.75, 3.05) is 7.11 Å². The zero-order chi connectivity index (χ0) is 20.2. The van der Waals surface area contributed by atoms with Crippen molar-refractivity contribution in [2.45, 2.75) is 38.6 Å². The van der Waals surface area contributed by atoms with Crippen LogP contribution in [0.15, 0.2) is 53.1 Å². The predicted molar refractivity (Wildman–Crippen MR) is 109 cm³/mol. The van der Waals surface area contributed by atoms with Gasteiger partial charge in [0.25, 0.3) is 0 Å². The zero-order valence-electron chi connectivity index (χ0n) is 16.7. The summed E-state index contributed by atoms with van der Waals surface area (Å²) in [7, 11) is 1.62. The van der Waals surface area contributed by atoms with Crippen molar-refractivity contribution in [3.8, 4) is 17.1 Å². The first-order valence-electron chi connectivity index (χ1n) is 9.95. The second kappa shape index (κ2) is 8.47. The zero-order valence-corrected chi connectivity index (χ0v) is 16.7. The van der Waals surface area contributed by atoms with E-state index in [1.807, 2.05) is 24.3 Å². The second-order valence-corrected chi connectivity index (χ2v) is 7.53. The summed E-state index contributed by atoms with van der Waals surface area (Å²) in [5, 5.41) is 7.21. The van der Waals surface area contributed by atoms with Crippen molar-refractivity contribution in [3.63, 3.8) is 0 Å². The number of rotatable bonds is 8. The van der Waals surface area contributed by atoms with Crippen LogP contribution in [0.1, 0.15) is 42.3 Å². The van der Waals surface area contributed by atoms with Crippen molar-refractivity contribution >= 4 is 5.91 Å². The summed E-state index contributed by atoms with van der Waals surface area (Å²) in [6, 6.07) is 15.9. The molecule has 1 N–H and O–H groups in total. The monoisotopic (exact) mass is 391 g/mol. The van der Waals surface area contributed by atoms with Crippen LogP contribution in [0.3, 0.4) is 0 Å². The molecule has 1 atom stereocenters. The van der Waals surface area contributed by atoms with Crippen LogP contribution in [0, 0.1) is 12.8 Å². The normalized spacial score (nSPS) is 14.4. The molecule has 0 bridgehead atoms. The minimum atomic E-state index is 0.00618. The highest BCUT2D eigenvalue weighted by Gasteiger charge is 2.33. The topological polar surface area (TPSA) is 77.2 Å². The lowest BCUT2D eigenvalue weighted by molar-refractivity contribution is -0.122. The molecule has 29 heavy (non-hydrogen) atoms. The number of aryl methyl sites for hydroxylation is 2. The molecule has 150 valence electrons. The molecule has 3 aromatic rings. The Bertz CT molecular complexity index is 960. The number of ether oxygens (including phenoxy) is 1. The van der Waals surface area contributed by atoms with Crippen molar-refractivity contribution in [1.29, 1.82) is 0 Å². The van der Waals surface area contributed by atoms with E-state index in [2.05, 4.69) is 46.6 Å². The molecule has 1 unspecified atom stereocenters. The Hall–Kier alpha value is -3.15. The van der Waals surface area contributed by atoms with Crippen LogP contribution in [-0.2, 0) is 11.2 Å². The van der Waals surface area contributed by atoms with Crippen LogP contribution in [0.4, 0.5) is 0 Å². The van der Waals surface area contributed by atoms with Crippen LogP contribution >= 0.6 is 0 Å². The van der Waals surface area contributed by atoms with E-state index in [-0.39, 0.29) is 11.9 Å². The maximum absolute atomic E-state index is 12.5. The van der Waals surface area contributed by atoms with Gasteiger partial charge in [0, 0.05) is 18.4 Å². The van der Waals surface area contributed by atoms with Crippen LogP contribution in [0.25, 0.3) is 11.4 Å². The third kappa shape index (κ3) is 4.83. The molecule has 1 aliphatic carbocycles. The summed E-state index contributed by atoms with van der Waals surface area (Å²) in [6.07, 6.45) is 3.06. The molecule has 1 aromatic heterocycles. The Balaban J connectivity index is 1.34. The van der Waals surface area contributed by atoms with Crippen molar-refractivity contribution in [1.82, 2.24) is 15.5 Å². The summed E-state index contributed by atoms with van der Waals surface area (Å²) in [5.41, 5.74) is 3.24. The number of benzene rings is 2. The lowest BCUT2D eigenvalue weighted by Gasteiger charge is -2.19. The quantitative estimate of drug-likeness (QED) is 0.621. The molecule has 0 aliphatic heterocycles. The van der Waals surface area contributed by atoms with Gasteiger partial charge in [-0.3, -0.25) is 4.79 Å². The average molecular weight is 391 g/mol. The summed E-state index contributed by atoms with van der Waals surface area (Å²) in [4.78, 5) is 16.9. The first-order chi connectivity index (χ1) is 14.1. The van der Waals surface area contributed by atoms with Gasteiger partial charge >= 0.3 is 0 Å². The third-order valence-corrected chi connectivity index (χ3v) is 5.23. The largest absolute Gasteiger partial charge is 0.497 e. The summed E-state index contributed by atoms with van der Waals surface area (Å²) in [6.45, 7) is 2.07. The van der Waals surface area contributed by atoms with Gasteiger partial charge in [0.1, 0.15) is 5.75 Å². The molecule has 0 saturated heterocycles. The maximum Gasteiger partial charge on any atom is 0.227 e. The number of carbonyl (C=O) groups excluding carboxylic acids is 1. The Kier molecular flexibility index (Phi) is 5.60. The highest BCUT2D eigenvalue weighted by atomic mass is 16.5. The molecular weight excluding hydrogens is 366 g/mol. The molecule has 1 fully saturated rings. The Morgan fingerprint density at radius 3 is 2.55 bits per heavy atom. The van der Waals surface area contributed by atoms with E-state index >= 15 is 0 Å². The van der Waals surface area contributed by atoms with E-state index in [1.165, 1.54) is 11.1 Å². The Morgan fingerprint density at radius 2 is 1.90 bits per heavy atom. The number of carbonyl (C=O) groups is 1. The van der Waals surface area contributed by atoms with Crippen LogP contribution in [0.5, 0.6) is 5.75 Å². The van der Waals surface area contributed by atoms with Crippen molar-refractivity contribution < 1.29 is 14.1 Å². The van der Waals surface area contributed by atoms with Gasteiger partial charge in [-0.15, -0.1) is 0 Å². The fourth-order valence-corrected chi connectivity index (χ4v) is 3.36. The van der Waals surface area contributed by atoms with Gasteiger partial charge in [0.2, 0.25) is 17.6 Å². The van der Waals surface area contributed by atoms with Crippen molar-refractivity contribution in [3.05, 3.63) is 65.5 Å². The minimum absolute atomic E-state index is 0.00618. The van der Waals surface area contributed by atoms with E-state index in [9.17, 15) is 4.79 Å². The minimum Gasteiger partial charge on any atom is -0.497 e. The summed E-state index contributed by atoms with van der Waals surface area (Å²) in [5.74, 6) is 2.29. The van der Waals surface area contributed by atoms with E-state index in [1.54, 1.807) is 7.11 Å². The molecule has 2 aromatic carbocycles. The SMILES string of the molecule is COc1ccc(-c2noc(CCC(=O)NC(c3ccc(C)cc3)C3CC3)n2)cc1. The summed E-state index contributed by atoms with van der Waals surface area (Å²) < 4.78 is 10.5. The molecule has 4 rings (SSSR count). The number of amides is 1. The lowest BCUT2D eigenvalue weighted by Crippen LogP contribution is -2.30. The fraction of sp³-hybridized carbons (Fsp3) is 0.348. The van der Waals surface area contributed by atoms with Gasteiger partial charge in [-0.2, -0.15) is 4.98 Å². The van der Waals surface area contributed by atoms with E-state index in [4.69, 9.17) is 9.26 Å². The van der Waals surface area contributed by atoms with Gasteiger partial charge < -0.3 is 14.6 Å². The lowest BCUT2D eigenvalue weighted by atomic mass is 10.0. The van der Waals surface area contributed by atoms with E-state index < -0.39 is 0 Å². The number of hydrogen-bond donors (Lipinski definition) is 1. The van der Waals surface area contributed by atoms with Gasteiger partial charge in [-0.05, 0) is 55.5 Å². The number of methoxy groups -OCH3 is 1. The van der Waals surface area contributed by atoms with Crippen LogP contribution in [-0.4, -0.2) is 23.2 Å². The highest BCUT2D eigenvalue weighted by molar-refractivity contribution is 5.76. The van der Waals surface area contributed by atoms with Crippen LogP contribution in [0.2, 0.25) is 0 Å². The smallest absolute Gasteiger partial charge is 0.227 e. The maximum atomic E-state index is 12.5. The molecule has 1 amide bonds. The first-order valence-corrected chi connectivity index (χ1v) is 9.95. The number of hydrogen-bond acceptors (Lipinski definition) is 5. The molecule has 1 heterocycles. The van der Waals surface area contributed by atoms with Gasteiger partial charge in [-0.25, -0.2) is 0 Å². The molecule has 1 aliphatic rings. The van der Waals surface area contributed by atoms with Gasteiger partial charge in [-0.1, -0.05) is 35.0 Å². The van der Waals surface area contributed by atoms with E-state index in [0.717, 1.165) is 24.2 Å². The van der Waals surface area contributed by atoms with Gasteiger partial charge in [0.15, 0.2) is 0 Å². The predicted octanol–water partition coefficient (Wildman–Crippen LogP) is 4.25. The molecule has 0 spiro atoms. The third-order valence-electron chi connectivity index (χ3n) is 5.23. The van der Waals surface area contributed by atoms with Crippen molar-refractivity contribution in [2.24, 2.45) is 5.92 Å². The van der Waals surface area contributed by atoms with Gasteiger partial charge in [0.05, 0.1) is 13.2 Å². The fourth-order valence-electron chi connectivity index (χ4n) is 3.36.